The lowest BCUT2D eigenvalue weighted by Crippen LogP contribution is -2.10. The molecule has 0 aliphatic rings. The number of hydrazone groups is 1. The van der Waals surface area contributed by atoms with Crippen molar-refractivity contribution in [3.63, 3.8) is 0 Å². The highest BCUT2D eigenvalue weighted by Gasteiger charge is 2.13. The van der Waals surface area contributed by atoms with Crippen molar-refractivity contribution in [1.29, 1.82) is 0 Å². The molecular weight excluding hydrogens is 300 g/mol. The molecule has 0 spiro atoms. The fourth-order valence-corrected chi connectivity index (χ4v) is 2.28. The van der Waals surface area contributed by atoms with E-state index in [0.29, 0.717) is 12.4 Å². The monoisotopic (exact) mass is 326 g/mol. The van der Waals surface area contributed by atoms with Crippen molar-refractivity contribution in [2.75, 3.05) is 14.2 Å². The van der Waals surface area contributed by atoms with Gasteiger partial charge in [0.2, 0.25) is 0 Å². The molecule has 128 valence electrons. The standard InChI is InChI=1S/C20H26N2O2/c1-20(2,3)17-9-6-15(7-10-17)14-24-18-11-8-16(13-22-21-4)12-19(18)23-5/h6-13,21H,14H2,1-5H3/b22-13+. The van der Waals surface area contributed by atoms with Gasteiger partial charge in [-0.05, 0) is 40.3 Å². The third-order valence-electron chi connectivity index (χ3n) is 3.74. The molecule has 0 unspecified atom stereocenters. The summed E-state index contributed by atoms with van der Waals surface area (Å²) in [5.41, 5.74) is 6.28. The minimum absolute atomic E-state index is 0.160. The normalized spacial score (nSPS) is 11.5. The Labute approximate surface area is 144 Å². The van der Waals surface area contributed by atoms with E-state index in [2.05, 4.69) is 55.6 Å². The first-order valence-electron chi connectivity index (χ1n) is 8.04. The maximum absolute atomic E-state index is 5.91. The lowest BCUT2D eigenvalue weighted by atomic mass is 9.87. The van der Waals surface area contributed by atoms with Gasteiger partial charge < -0.3 is 14.9 Å². The minimum Gasteiger partial charge on any atom is -0.493 e. The van der Waals surface area contributed by atoms with Crippen molar-refractivity contribution in [2.24, 2.45) is 5.10 Å². The van der Waals surface area contributed by atoms with E-state index in [1.807, 2.05) is 18.2 Å². The quantitative estimate of drug-likeness (QED) is 0.641. The van der Waals surface area contributed by atoms with Crippen molar-refractivity contribution in [2.45, 2.75) is 32.8 Å². The van der Waals surface area contributed by atoms with Crippen LogP contribution in [-0.4, -0.2) is 20.4 Å². The predicted octanol–water partition coefficient (Wildman–Crippen LogP) is 4.13. The smallest absolute Gasteiger partial charge is 0.161 e. The molecule has 0 fully saturated rings. The Morgan fingerprint density at radius 1 is 1.04 bits per heavy atom. The van der Waals surface area contributed by atoms with Crippen LogP contribution in [0.5, 0.6) is 11.5 Å². The van der Waals surface area contributed by atoms with Crippen LogP contribution in [0.2, 0.25) is 0 Å². The number of hydrogen-bond donors (Lipinski definition) is 1. The lowest BCUT2D eigenvalue weighted by molar-refractivity contribution is 0.284. The summed E-state index contributed by atoms with van der Waals surface area (Å²) < 4.78 is 11.3. The van der Waals surface area contributed by atoms with Crippen molar-refractivity contribution in [3.8, 4) is 11.5 Å². The van der Waals surface area contributed by atoms with E-state index < -0.39 is 0 Å². The summed E-state index contributed by atoms with van der Waals surface area (Å²) in [6.07, 6.45) is 1.73. The molecule has 2 aromatic carbocycles. The van der Waals surface area contributed by atoms with Crippen LogP contribution < -0.4 is 14.9 Å². The molecule has 2 rings (SSSR count). The van der Waals surface area contributed by atoms with Crippen molar-refractivity contribution >= 4 is 6.21 Å². The van der Waals surface area contributed by atoms with Crippen LogP contribution in [0.3, 0.4) is 0 Å². The summed E-state index contributed by atoms with van der Waals surface area (Å²) in [5, 5.41) is 4.00. The van der Waals surface area contributed by atoms with Gasteiger partial charge in [0.15, 0.2) is 11.5 Å². The van der Waals surface area contributed by atoms with E-state index >= 15 is 0 Å². The van der Waals surface area contributed by atoms with E-state index in [4.69, 9.17) is 9.47 Å². The Morgan fingerprint density at radius 2 is 1.75 bits per heavy atom. The molecule has 0 saturated carbocycles. The number of nitrogens with one attached hydrogen (secondary N) is 1. The van der Waals surface area contributed by atoms with E-state index in [9.17, 15) is 0 Å². The van der Waals surface area contributed by atoms with Gasteiger partial charge >= 0.3 is 0 Å². The Morgan fingerprint density at radius 3 is 2.33 bits per heavy atom. The fraction of sp³-hybridized carbons (Fsp3) is 0.350. The number of methoxy groups -OCH3 is 1. The van der Waals surface area contributed by atoms with Crippen LogP contribution in [-0.2, 0) is 12.0 Å². The zero-order valence-corrected chi connectivity index (χ0v) is 15.1. The molecule has 0 amide bonds. The van der Waals surface area contributed by atoms with Crippen LogP contribution in [0.15, 0.2) is 47.6 Å². The Balaban J connectivity index is 2.07. The van der Waals surface area contributed by atoms with Crippen molar-refractivity contribution in [3.05, 3.63) is 59.2 Å². The predicted molar refractivity (Wildman–Crippen MR) is 99.1 cm³/mol. The first kappa shape index (κ1) is 17.9. The second kappa shape index (κ2) is 7.86. The second-order valence-electron chi connectivity index (χ2n) is 6.63. The summed E-state index contributed by atoms with van der Waals surface area (Å²) in [6, 6.07) is 14.3. The molecule has 24 heavy (non-hydrogen) atoms. The van der Waals surface area contributed by atoms with Gasteiger partial charge in [-0.1, -0.05) is 45.0 Å². The molecule has 0 aliphatic carbocycles. The van der Waals surface area contributed by atoms with Crippen molar-refractivity contribution in [1.82, 2.24) is 5.43 Å². The van der Waals surface area contributed by atoms with Gasteiger partial charge in [-0.15, -0.1) is 0 Å². The van der Waals surface area contributed by atoms with Gasteiger partial charge in [-0.25, -0.2) is 0 Å². The minimum atomic E-state index is 0.160. The molecule has 0 aliphatic heterocycles. The topological polar surface area (TPSA) is 42.9 Å². The van der Waals surface area contributed by atoms with E-state index in [0.717, 1.165) is 16.9 Å². The van der Waals surface area contributed by atoms with Gasteiger partial charge in [0.25, 0.3) is 0 Å². The zero-order valence-electron chi connectivity index (χ0n) is 15.1. The number of rotatable bonds is 6. The second-order valence-corrected chi connectivity index (χ2v) is 6.63. The average molecular weight is 326 g/mol. The zero-order chi connectivity index (χ0) is 17.6. The maximum Gasteiger partial charge on any atom is 0.161 e. The number of nitrogens with zero attached hydrogens (tertiary/aromatic N) is 1. The number of ether oxygens (including phenoxy) is 2. The van der Waals surface area contributed by atoms with Crippen LogP contribution in [0.1, 0.15) is 37.5 Å². The average Bonchev–Trinajstić information content (AvgIpc) is 2.58. The molecule has 0 atom stereocenters. The highest BCUT2D eigenvalue weighted by molar-refractivity contribution is 5.80. The summed E-state index contributed by atoms with van der Waals surface area (Å²) in [4.78, 5) is 0. The fourth-order valence-electron chi connectivity index (χ4n) is 2.28. The van der Waals surface area contributed by atoms with Crippen LogP contribution >= 0.6 is 0 Å². The molecule has 0 aromatic heterocycles. The highest BCUT2D eigenvalue weighted by Crippen LogP contribution is 2.29. The van der Waals surface area contributed by atoms with Crippen LogP contribution in [0.25, 0.3) is 0 Å². The van der Waals surface area contributed by atoms with Crippen molar-refractivity contribution < 1.29 is 9.47 Å². The Bertz CT molecular complexity index is 686. The van der Waals surface area contributed by atoms with E-state index in [-0.39, 0.29) is 5.41 Å². The number of hydrogen-bond acceptors (Lipinski definition) is 4. The maximum atomic E-state index is 5.91. The largest absolute Gasteiger partial charge is 0.493 e. The molecule has 1 N–H and O–H groups in total. The van der Waals surface area contributed by atoms with Gasteiger partial charge in [-0.2, -0.15) is 5.10 Å². The summed E-state index contributed by atoms with van der Waals surface area (Å²) >= 11 is 0. The lowest BCUT2D eigenvalue weighted by Gasteiger charge is -2.19. The molecule has 4 nitrogen and oxygen atoms in total. The van der Waals surface area contributed by atoms with Crippen LogP contribution in [0, 0.1) is 0 Å². The molecule has 0 saturated heterocycles. The first-order valence-corrected chi connectivity index (χ1v) is 8.04. The summed E-state index contributed by atoms with van der Waals surface area (Å²) in [5.74, 6) is 1.42. The third kappa shape index (κ3) is 4.75. The molecule has 0 radical (unpaired) electrons. The summed E-state index contributed by atoms with van der Waals surface area (Å²) in [7, 11) is 3.40. The SMILES string of the molecule is CN/N=C/c1ccc(OCc2ccc(C(C)(C)C)cc2)c(OC)c1. The molecule has 0 heterocycles. The molecule has 2 aromatic rings. The van der Waals surface area contributed by atoms with Gasteiger partial charge in [0.05, 0.1) is 13.3 Å². The Hall–Kier alpha value is -2.49. The first-order chi connectivity index (χ1) is 11.4. The summed E-state index contributed by atoms with van der Waals surface area (Å²) in [6.45, 7) is 7.14. The van der Waals surface area contributed by atoms with E-state index in [1.165, 1.54) is 5.56 Å². The van der Waals surface area contributed by atoms with Gasteiger partial charge in [0, 0.05) is 7.05 Å². The Kier molecular flexibility index (Phi) is 5.85. The molecule has 4 heteroatoms. The van der Waals surface area contributed by atoms with E-state index in [1.54, 1.807) is 20.4 Å². The highest BCUT2D eigenvalue weighted by atomic mass is 16.5. The van der Waals surface area contributed by atoms with Gasteiger partial charge in [0.1, 0.15) is 6.61 Å². The van der Waals surface area contributed by atoms with Crippen LogP contribution in [0.4, 0.5) is 0 Å². The molecule has 0 bridgehead atoms. The third-order valence-corrected chi connectivity index (χ3v) is 3.74. The number of benzene rings is 2. The molecular formula is C20H26N2O2. The van der Waals surface area contributed by atoms with Gasteiger partial charge in [-0.3, -0.25) is 0 Å².